The smallest absolute Gasteiger partial charge is 0.343 e. The minimum Gasteiger partial charge on any atom is -0.423 e. The zero-order chi connectivity index (χ0) is 23.3. The third-order valence-corrected chi connectivity index (χ3v) is 5.09. The van der Waals surface area contributed by atoms with Gasteiger partial charge in [0.1, 0.15) is 5.75 Å². The quantitative estimate of drug-likeness (QED) is 0.247. The molecule has 2 aromatic carbocycles. The van der Waals surface area contributed by atoms with Gasteiger partial charge in [-0.25, -0.2) is 14.6 Å². The Hall–Kier alpha value is -3.50. The van der Waals surface area contributed by atoms with Crippen LogP contribution in [-0.2, 0) is 0 Å². The van der Waals surface area contributed by atoms with Crippen LogP contribution >= 0.6 is 24.8 Å². The molecule has 1 aliphatic heterocycles. The van der Waals surface area contributed by atoms with E-state index < -0.39 is 12.0 Å². The van der Waals surface area contributed by atoms with Crippen molar-refractivity contribution in [3.8, 4) is 5.75 Å². The van der Waals surface area contributed by atoms with E-state index >= 15 is 0 Å². The molecule has 12 heteroatoms. The Labute approximate surface area is 209 Å². The average Bonchev–Trinajstić information content (AvgIpc) is 2.95. The van der Waals surface area contributed by atoms with Crippen LogP contribution in [0.1, 0.15) is 34.1 Å². The molecule has 1 fully saturated rings. The molecule has 6 N–H and O–H groups in total. The number of ether oxygens (including phenoxy) is 1. The average molecular weight is 511 g/mol. The molecule has 34 heavy (non-hydrogen) atoms. The number of carbonyl (C=O) groups is 3. The number of nitrogens with zero attached hydrogens (tertiary/aromatic N) is 3. The van der Waals surface area contributed by atoms with Crippen molar-refractivity contribution in [2.24, 2.45) is 22.2 Å². The lowest BCUT2D eigenvalue weighted by molar-refractivity contribution is 0.0696. The van der Waals surface area contributed by atoms with Crippen LogP contribution in [0.2, 0.25) is 0 Å². The molecule has 1 heterocycles. The second-order valence-corrected chi connectivity index (χ2v) is 7.48. The topological polar surface area (TPSA) is 157 Å². The van der Waals surface area contributed by atoms with Crippen molar-refractivity contribution in [3.63, 3.8) is 0 Å². The number of esters is 1. The number of halogens is 2. The Morgan fingerprint density at radius 2 is 1.50 bits per heavy atom. The van der Waals surface area contributed by atoms with Gasteiger partial charge in [0, 0.05) is 31.2 Å². The molecule has 0 radical (unpaired) electrons. The van der Waals surface area contributed by atoms with Crippen LogP contribution in [0.3, 0.4) is 0 Å². The normalized spacial score (nSPS) is 15.1. The molecule has 10 nitrogen and oxygen atoms in total. The summed E-state index contributed by atoms with van der Waals surface area (Å²) in [5, 5.41) is 0. The first kappa shape index (κ1) is 28.5. The minimum atomic E-state index is -0.548. The summed E-state index contributed by atoms with van der Waals surface area (Å²) in [6.45, 7) is 3.31. The number of primary amides is 1. The lowest BCUT2D eigenvalue weighted by atomic mass is 10.1. The van der Waals surface area contributed by atoms with Gasteiger partial charge in [0.25, 0.3) is 5.91 Å². The number of rotatable bonds is 4. The van der Waals surface area contributed by atoms with E-state index in [4.69, 9.17) is 21.9 Å². The van der Waals surface area contributed by atoms with Gasteiger partial charge in [-0.15, -0.1) is 24.8 Å². The summed E-state index contributed by atoms with van der Waals surface area (Å²) < 4.78 is 5.38. The molecule has 0 bridgehead atoms. The molecule has 1 unspecified atom stereocenters. The standard InChI is InChI=1S/C22H26N6O4.2ClH/c1-14-13-27(22(25)31)11-2-12-28(14)19(29)15-5-9-18(10-6-15)32-20(30)16-3-7-17(8-4-16)26-21(23)24;;/h3-10,14H,2,11-13H2,1H3,(H2,25,31)(H4,23,24,26);2*1H. The van der Waals surface area contributed by atoms with Gasteiger partial charge in [0.05, 0.1) is 11.3 Å². The summed E-state index contributed by atoms with van der Waals surface area (Å²) in [4.78, 5) is 43.9. The molecular weight excluding hydrogens is 483 g/mol. The summed E-state index contributed by atoms with van der Waals surface area (Å²) in [6.07, 6.45) is 0.649. The maximum atomic E-state index is 13.0. The van der Waals surface area contributed by atoms with Crippen molar-refractivity contribution < 1.29 is 19.1 Å². The lowest BCUT2D eigenvalue weighted by Crippen LogP contribution is -2.45. The predicted octanol–water partition coefficient (Wildman–Crippen LogP) is 2.27. The van der Waals surface area contributed by atoms with Gasteiger partial charge in [-0.2, -0.15) is 0 Å². The Balaban J connectivity index is 0.00000289. The van der Waals surface area contributed by atoms with E-state index in [1.54, 1.807) is 58.3 Å². The summed E-state index contributed by atoms with van der Waals surface area (Å²) in [5.41, 5.74) is 17.4. The summed E-state index contributed by atoms with van der Waals surface area (Å²) in [6, 6.07) is 12.0. The second-order valence-electron chi connectivity index (χ2n) is 7.48. The summed E-state index contributed by atoms with van der Waals surface area (Å²) >= 11 is 0. The van der Waals surface area contributed by atoms with Crippen LogP contribution in [0.5, 0.6) is 5.75 Å². The van der Waals surface area contributed by atoms with Crippen LogP contribution in [0.4, 0.5) is 10.5 Å². The molecule has 1 saturated heterocycles. The maximum absolute atomic E-state index is 13.0. The Morgan fingerprint density at radius 3 is 2.06 bits per heavy atom. The van der Waals surface area contributed by atoms with Crippen molar-refractivity contribution in [2.75, 3.05) is 19.6 Å². The molecule has 1 atom stereocenters. The molecule has 0 aliphatic carbocycles. The monoisotopic (exact) mass is 510 g/mol. The molecule has 0 saturated carbocycles. The first-order valence-electron chi connectivity index (χ1n) is 10.1. The van der Waals surface area contributed by atoms with Crippen LogP contribution in [0.15, 0.2) is 53.5 Å². The number of benzene rings is 2. The molecule has 0 aromatic heterocycles. The van der Waals surface area contributed by atoms with Crippen LogP contribution in [-0.4, -0.2) is 59.3 Å². The number of hydrogen-bond acceptors (Lipinski definition) is 5. The van der Waals surface area contributed by atoms with Crippen molar-refractivity contribution in [1.29, 1.82) is 0 Å². The number of carbonyl (C=O) groups excluding carboxylic acids is 3. The molecule has 3 amide bonds. The minimum absolute atomic E-state index is 0. The lowest BCUT2D eigenvalue weighted by Gasteiger charge is -2.28. The molecule has 1 aliphatic rings. The fraction of sp³-hybridized carbons (Fsp3) is 0.273. The third-order valence-electron chi connectivity index (χ3n) is 5.09. The number of nitrogens with two attached hydrogens (primary N) is 3. The highest BCUT2D eigenvalue weighted by molar-refractivity contribution is 5.95. The van der Waals surface area contributed by atoms with Crippen LogP contribution < -0.4 is 21.9 Å². The van der Waals surface area contributed by atoms with E-state index in [0.29, 0.717) is 48.6 Å². The van der Waals surface area contributed by atoms with E-state index in [1.807, 2.05) is 6.92 Å². The number of urea groups is 1. The SMILES string of the molecule is CC1CN(C(N)=O)CCCN1C(=O)c1ccc(OC(=O)c2ccc(N=C(N)N)cc2)cc1.Cl.Cl. The van der Waals surface area contributed by atoms with Gasteiger partial charge >= 0.3 is 12.0 Å². The second kappa shape index (κ2) is 12.7. The van der Waals surface area contributed by atoms with Gasteiger partial charge in [-0.3, -0.25) is 4.79 Å². The van der Waals surface area contributed by atoms with E-state index in [1.165, 1.54) is 0 Å². The summed E-state index contributed by atoms with van der Waals surface area (Å²) in [7, 11) is 0. The Kier molecular flexibility index (Phi) is 10.6. The first-order valence-corrected chi connectivity index (χ1v) is 10.1. The van der Waals surface area contributed by atoms with Gasteiger partial charge in [-0.05, 0) is 61.9 Å². The van der Waals surface area contributed by atoms with Crippen molar-refractivity contribution >= 4 is 54.4 Å². The van der Waals surface area contributed by atoms with E-state index in [9.17, 15) is 14.4 Å². The molecular formula is C22H28Cl2N6O4. The summed E-state index contributed by atoms with van der Waals surface area (Å²) in [5.74, 6) is -0.469. The number of hydrogen-bond donors (Lipinski definition) is 3. The van der Waals surface area contributed by atoms with E-state index in [2.05, 4.69) is 4.99 Å². The van der Waals surface area contributed by atoms with Crippen LogP contribution in [0.25, 0.3) is 0 Å². The fourth-order valence-corrected chi connectivity index (χ4v) is 3.48. The third kappa shape index (κ3) is 7.26. The zero-order valence-corrected chi connectivity index (χ0v) is 20.2. The van der Waals surface area contributed by atoms with E-state index in [-0.39, 0.29) is 42.7 Å². The van der Waals surface area contributed by atoms with Gasteiger partial charge < -0.3 is 31.7 Å². The molecule has 2 aromatic rings. The van der Waals surface area contributed by atoms with Crippen LogP contribution in [0, 0.1) is 0 Å². The highest BCUT2D eigenvalue weighted by atomic mass is 35.5. The zero-order valence-electron chi connectivity index (χ0n) is 18.5. The van der Waals surface area contributed by atoms with Gasteiger partial charge in [0.2, 0.25) is 0 Å². The van der Waals surface area contributed by atoms with Crippen molar-refractivity contribution in [3.05, 3.63) is 59.7 Å². The van der Waals surface area contributed by atoms with Crippen molar-refractivity contribution in [2.45, 2.75) is 19.4 Å². The van der Waals surface area contributed by atoms with Crippen molar-refractivity contribution in [1.82, 2.24) is 9.80 Å². The molecule has 0 spiro atoms. The van der Waals surface area contributed by atoms with Gasteiger partial charge in [-0.1, -0.05) is 0 Å². The highest BCUT2D eigenvalue weighted by Crippen LogP contribution is 2.19. The fourth-order valence-electron chi connectivity index (χ4n) is 3.48. The Morgan fingerprint density at radius 1 is 0.912 bits per heavy atom. The molecule has 3 rings (SSSR count). The highest BCUT2D eigenvalue weighted by Gasteiger charge is 2.27. The predicted molar refractivity (Wildman–Crippen MR) is 134 cm³/mol. The van der Waals surface area contributed by atoms with Gasteiger partial charge in [0.15, 0.2) is 5.96 Å². The number of amides is 3. The number of guanidine groups is 1. The van der Waals surface area contributed by atoms with E-state index in [0.717, 1.165) is 0 Å². The Bertz CT molecular complexity index is 1030. The maximum Gasteiger partial charge on any atom is 0.343 e. The molecule has 184 valence electrons. The largest absolute Gasteiger partial charge is 0.423 e. The number of aliphatic imine (C=N–C) groups is 1. The first-order chi connectivity index (χ1) is 15.2.